The van der Waals surface area contributed by atoms with Gasteiger partial charge in [-0.2, -0.15) is 0 Å². The smallest absolute Gasteiger partial charge is 0.185 e. The molecule has 0 unspecified atom stereocenters. The summed E-state index contributed by atoms with van der Waals surface area (Å²) in [5.74, 6) is 0. The fourth-order valence-electron chi connectivity index (χ4n) is 1.77. The van der Waals surface area contributed by atoms with Gasteiger partial charge >= 0.3 is 0 Å². The number of aryl methyl sites for hydroxylation is 1. The van der Waals surface area contributed by atoms with Crippen LogP contribution in [0, 0.1) is 6.92 Å². The van der Waals surface area contributed by atoms with E-state index in [1.807, 2.05) is 7.05 Å². The molecule has 0 saturated heterocycles. The lowest BCUT2D eigenvalue weighted by molar-refractivity contribution is 0.792. The van der Waals surface area contributed by atoms with Crippen LogP contribution in [0.1, 0.15) is 16.8 Å². The van der Waals surface area contributed by atoms with Gasteiger partial charge in [0.2, 0.25) is 0 Å². The van der Waals surface area contributed by atoms with Gasteiger partial charge in [-0.15, -0.1) is 11.3 Å². The number of hydrogen-bond donors (Lipinski definition) is 1. The van der Waals surface area contributed by atoms with Gasteiger partial charge in [0.1, 0.15) is 0 Å². The van der Waals surface area contributed by atoms with E-state index in [-0.39, 0.29) is 0 Å². The van der Waals surface area contributed by atoms with Crippen LogP contribution in [0.5, 0.6) is 0 Å². The lowest BCUT2D eigenvalue weighted by atomic mass is 10.1. The molecule has 0 amide bonds. The van der Waals surface area contributed by atoms with Gasteiger partial charge in [0, 0.05) is 25.5 Å². The molecule has 0 aliphatic rings. The van der Waals surface area contributed by atoms with Crippen LogP contribution < -0.4 is 10.2 Å². The number of rotatable bonds is 5. The minimum absolute atomic E-state index is 0.828. The summed E-state index contributed by atoms with van der Waals surface area (Å²) in [6.45, 7) is 3.83. The van der Waals surface area contributed by atoms with Crippen LogP contribution in [0.2, 0.25) is 0 Å². The van der Waals surface area contributed by atoms with Crippen molar-refractivity contribution in [1.82, 2.24) is 10.3 Å². The highest BCUT2D eigenvalue weighted by Gasteiger charge is 2.07. The SMILES string of the molecule is CNCc1csc(N(C)Cc2ccc(C)cc2)n1. The third kappa shape index (κ3) is 3.31. The van der Waals surface area contributed by atoms with Crippen molar-refractivity contribution in [3.05, 3.63) is 46.5 Å². The molecular weight excluding hydrogens is 242 g/mol. The Morgan fingerprint density at radius 1 is 1.28 bits per heavy atom. The minimum Gasteiger partial charge on any atom is -0.347 e. The number of hydrogen-bond acceptors (Lipinski definition) is 4. The Balaban J connectivity index is 2.02. The van der Waals surface area contributed by atoms with Gasteiger partial charge < -0.3 is 10.2 Å². The molecule has 1 heterocycles. The Labute approximate surface area is 112 Å². The highest BCUT2D eigenvalue weighted by atomic mass is 32.1. The zero-order chi connectivity index (χ0) is 13.0. The Kier molecular flexibility index (Phi) is 4.33. The molecule has 1 aromatic carbocycles. The fourth-order valence-corrected chi connectivity index (χ4v) is 2.56. The van der Waals surface area contributed by atoms with Crippen LogP contribution in [0.3, 0.4) is 0 Å². The molecule has 18 heavy (non-hydrogen) atoms. The predicted molar refractivity (Wildman–Crippen MR) is 78.2 cm³/mol. The van der Waals surface area contributed by atoms with Crippen molar-refractivity contribution < 1.29 is 0 Å². The number of benzene rings is 1. The molecule has 1 aromatic heterocycles. The molecule has 0 bridgehead atoms. The van der Waals surface area contributed by atoms with Crippen molar-refractivity contribution in [3.63, 3.8) is 0 Å². The number of nitrogens with zero attached hydrogens (tertiary/aromatic N) is 2. The molecule has 3 nitrogen and oxygen atoms in total. The summed E-state index contributed by atoms with van der Waals surface area (Å²) in [5.41, 5.74) is 3.72. The molecule has 0 atom stereocenters. The predicted octanol–water partition coefficient (Wildman–Crippen LogP) is 2.81. The van der Waals surface area contributed by atoms with Crippen molar-refractivity contribution in [3.8, 4) is 0 Å². The van der Waals surface area contributed by atoms with Crippen LogP contribution in [0.15, 0.2) is 29.6 Å². The molecule has 2 rings (SSSR count). The van der Waals surface area contributed by atoms with Crippen LogP contribution in [-0.4, -0.2) is 19.1 Å². The van der Waals surface area contributed by atoms with E-state index >= 15 is 0 Å². The largest absolute Gasteiger partial charge is 0.347 e. The minimum atomic E-state index is 0.828. The monoisotopic (exact) mass is 261 g/mol. The number of aromatic nitrogens is 1. The van der Waals surface area contributed by atoms with Gasteiger partial charge in [-0.3, -0.25) is 0 Å². The first-order chi connectivity index (χ1) is 8.69. The molecule has 0 radical (unpaired) electrons. The van der Waals surface area contributed by atoms with Crippen molar-refractivity contribution in [1.29, 1.82) is 0 Å². The van der Waals surface area contributed by atoms with Gasteiger partial charge in [0.15, 0.2) is 5.13 Å². The van der Waals surface area contributed by atoms with Crippen LogP contribution >= 0.6 is 11.3 Å². The van der Waals surface area contributed by atoms with Gasteiger partial charge in [-0.05, 0) is 19.5 Å². The maximum Gasteiger partial charge on any atom is 0.185 e. The highest BCUT2D eigenvalue weighted by molar-refractivity contribution is 7.13. The molecule has 1 N–H and O–H groups in total. The molecule has 0 fully saturated rings. The third-order valence-corrected chi connectivity index (χ3v) is 3.77. The Morgan fingerprint density at radius 2 is 2.00 bits per heavy atom. The summed E-state index contributed by atoms with van der Waals surface area (Å²) in [6, 6.07) is 8.65. The Bertz CT molecular complexity index is 490. The normalized spacial score (nSPS) is 10.6. The second-order valence-electron chi connectivity index (χ2n) is 4.49. The lowest BCUT2D eigenvalue weighted by Crippen LogP contribution is -2.16. The summed E-state index contributed by atoms with van der Waals surface area (Å²) in [6.07, 6.45) is 0. The average Bonchev–Trinajstić information content (AvgIpc) is 2.81. The summed E-state index contributed by atoms with van der Waals surface area (Å²) in [5, 5.41) is 6.30. The summed E-state index contributed by atoms with van der Waals surface area (Å²) >= 11 is 1.69. The third-order valence-electron chi connectivity index (χ3n) is 2.76. The Morgan fingerprint density at radius 3 is 2.67 bits per heavy atom. The molecule has 2 aromatic rings. The van der Waals surface area contributed by atoms with Crippen molar-refractivity contribution in [2.24, 2.45) is 0 Å². The molecule has 0 aliphatic carbocycles. The first-order valence-corrected chi connectivity index (χ1v) is 6.92. The standard InChI is InChI=1S/C14H19N3S/c1-11-4-6-12(7-5-11)9-17(3)14-16-13(8-15-2)10-18-14/h4-7,10,15H,8-9H2,1-3H3. The Hall–Kier alpha value is -1.39. The van der Waals surface area contributed by atoms with E-state index in [0.29, 0.717) is 0 Å². The summed E-state index contributed by atoms with van der Waals surface area (Å²) in [4.78, 5) is 6.78. The van der Waals surface area contributed by atoms with E-state index < -0.39 is 0 Å². The molecule has 0 aliphatic heterocycles. The van der Waals surface area contributed by atoms with E-state index in [1.165, 1.54) is 11.1 Å². The van der Waals surface area contributed by atoms with E-state index in [0.717, 1.165) is 23.9 Å². The van der Waals surface area contributed by atoms with Crippen molar-refractivity contribution in [2.45, 2.75) is 20.0 Å². The molecule has 4 heteroatoms. The molecule has 0 saturated carbocycles. The number of thiazole rings is 1. The molecular formula is C14H19N3S. The summed E-state index contributed by atoms with van der Waals surface area (Å²) in [7, 11) is 4.02. The van der Waals surface area contributed by atoms with Gasteiger partial charge in [-0.1, -0.05) is 29.8 Å². The van der Waals surface area contributed by atoms with Crippen molar-refractivity contribution >= 4 is 16.5 Å². The molecule has 0 spiro atoms. The second-order valence-corrected chi connectivity index (χ2v) is 5.33. The van der Waals surface area contributed by atoms with Gasteiger partial charge in [0.25, 0.3) is 0 Å². The van der Waals surface area contributed by atoms with Crippen LogP contribution in [0.25, 0.3) is 0 Å². The van der Waals surface area contributed by atoms with E-state index in [2.05, 4.69) is 58.8 Å². The first-order valence-electron chi connectivity index (χ1n) is 6.04. The van der Waals surface area contributed by atoms with Crippen molar-refractivity contribution in [2.75, 3.05) is 19.0 Å². The second kappa shape index (κ2) is 5.98. The van der Waals surface area contributed by atoms with Crippen LogP contribution in [0.4, 0.5) is 5.13 Å². The average molecular weight is 261 g/mol. The summed E-state index contributed by atoms with van der Waals surface area (Å²) < 4.78 is 0. The zero-order valence-electron chi connectivity index (χ0n) is 11.1. The fraction of sp³-hybridized carbons (Fsp3) is 0.357. The first kappa shape index (κ1) is 13.1. The van der Waals surface area contributed by atoms with Gasteiger partial charge in [-0.25, -0.2) is 4.98 Å². The number of anilines is 1. The topological polar surface area (TPSA) is 28.2 Å². The molecule has 96 valence electrons. The van der Waals surface area contributed by atoms with Gasteiger partial charge in [0.05, 0.1) is 5.69 Å². The lowest BCUT2D eigenvalue weighted by Gasteiger charge is -2.15. The highest BCUT2D eigenvalue weighted by Crippen LogP contribution is 2.21. The quantitative estimate of drug-likeness (QED) is 0.897. The maximum atomic E-state index is 4.60. The van der Waals surface area contributed by atoms with E-state index in [4.69, 9.17) is 0 Å². The van der Waals surface area contributed by atoms with Crippen LogP contribution in [-0.2, 0) is 13.1 Å². The maximum absolute atomic E-state index is 4.60. The van der Waals surface area contributed by atoms with E-state index in [1.54, 1.807) is 11.3 Å². The zero-order valence-corrected chi connectivity index (χ0v) is 11.9. The van der Waals surface area contributed by atoms with E-state index in [9.17, 15) is 0 Å². The number of nitrogens with one attached hydrogen (secondary N) is 1.